The van der Waals surface area contributed by atoms with E-state index >= 15 is 0 Å². The minimum absolute atomic E-state index is 0.000178. The van der Waals surface area contributed by atoms with Gasteiger partial charge in [0.1, 0.15) is 11.6 Å². The molecule has 2 amide bonds. The number of urea groups is 1. The molecule has 1 aromatic carbocycles. The number of alkyl halides is 3. The molecule has 0 spiro atoms. The zero-order valence-corrected chi connectivity index (χ0v) is 21.2. The van der Waals surface area contributed by atoms with E-state index in [9.17, 15) is 18.0 Å². The Kier molecular flexibility index (Phi) is 8.54. The first-order chi connectivity index (χ1) is 18.2. The number of anilines is 2. The number of rotatable bonds is 10. The molecule has 13 heteroatoms. The molecular formula is C25H26ClF3N8O. The van der Waals surface area contributed by atoms with E-state index in [0.29, 0.717) is 37.9 Å². The van der Waals surface area contributed by atoms with Crippen LogP contribution < -0.4 is 16.0 Å². The summed E-state index contributed by atoms with van der Waals surface area (Å²) in [5, 5.41) is 7.92. The first-order valence-corrected chi connectivity index (χ1v) is 12.1. The maximum absolute atomic E-state index is 13.0. The van der Waals surface area contributed by atoms with Crippen LogP contribution in [0.3, 0.4) is 0 Å². The number of carbonyl (C=O) groups is 1. The highest BCUT2D eigenvalue weighted by Gasteiger charge is 2.33. The summed E-state index contributed by atoms with van der Waals surface area (Å²) in [6.45, 7) is 2.06. The van der Waals surface area contributed by atoms with Gasteiger partial charge in [-0.1, -0.05) is 11.6 Å². The predicted molar refractivity (Wildman–Crippen MR) is 140 cm³/mol. The Balaban J connectivity index is 1.25. The summed E-state index contributed by atoms with van der Waals surface area (Å²) in [5.74, 6) is 1.93. The first kappa shape index (κ1) is 27.0. The Bertz CT molecular complexity index is 1290. The molecule has 9 nitrogen and oxygen atoms in total. The lowest BCUT2D eigenvalue weighted by Crippen LogP contribution is -2.37. The Morgan fingerprint density at radius 1 is 0.974 bits per heavy atom. The van der Waals surface area contributed by atoms with Crippen LogP contribution in [0.25, 0.3) is 11.8 Å². The van der Waals surface area contributed by atoms with Gasteiger partial charge in [0, 0.05) is 62.7 Å². The predicted octanol–water partition coefficient (Wildman–Crippen LogP) is 4.90. The molecule has 200 valence electrons. The molecule has 0 aliphatic carbocycles. The largest absolute Gasteiger partial charge is 0.417 e. The topological polar surface area (TPSA) is 92.0 Å². The fraction of sp³-hybridized carbons (Fsp3) is 0.240. The number of benzene rings is 1. The van der Waals surface area contributed by atoms with Crippen molar-refractivity contribution in [1.29, 1.82) is 0 Å². The summed E-state index contributed by atoms with van der Waals surface area (Å²) in [6.07, 6.45) is 2.95. The van der Waals surface area contributed by atoms with Crippen molar-refractivity contribution in [2.75, 3.05) is 43.9 Å². The van der Waals surface area contributed by atoms with E-state index in [1.54, 1.807) is 0 Å². The molecule has 0 saturated heterocycles. The van der Waals surface area contributed by atoms with Crippen molar-refractivity contribution in [2.45, 2.75) is 6.18 Å². The Labute approximate surface area is 222 Å². The van der Waals surface area contributed by atoms with E-state index in [4.69, 9.17) is 11.6 Å². The molecule has 3 N–H and O–H groups in total. The van der Waals surface area contributed by atoms with Gasteiger partial charge in [0.15, 0.2) is 0 Å². The van der Waals surface area contributed by atoms with Crippen molar-refractivity contribution in [2.24, 2.45) is 0 Å². The number of nitrogens with one attached hydrogen (secondary N) is 3. The third-order valence-corrected chi connectivity index (χ3v) is 5.84. The normalized spacial score (nSPS) is 11.5. The Morgan fingerprint density at radius 3 is 2.32 bits per heavy atom. The highest BCUT2D eigenvalue weighted by molar-refractivity contribution is 6.31. The van der Waals surface area contributed by atoms with Gasteiger partial charge in [-0.05, 0) is 49.5 Å². The average molecular weight is 547 g/mol. The van der Waals surface area contributed by atoms with Gasteiger partial charge in [-0.15, -0.1) is 0 Å². The molecule has 0 unspecified atom stereocenters. The minimum Gasteiger partial charge on any atom is -0.369 e. The van der Waals surface area contributed by atoms with Crippen LogP contribution in [0.1, 0.15) is 5.56 Å². The number of likely N-dealkylation sites (N-methyl/N-ethyl adjacent to an activating group) is 1. The number of carbonyl (C=O) groups excluding carboxylic acids is 1. The fourth-order valence-electron chi connectivity index (χ4n) is 3.56. The van der Waals surface area contributed by atoms with E-state index in [1.165, 1.54) is 6.07 Å². The maximum Gasteiger partial charge on any atom is 0.417 e. The molecule has 0 saturated carbocycles. The lowest BCUT2D eigenvalue weighted by atomic mass is 10.2. The second-order valence-corrected chi connectivity index (χ2v) is 8.80. The molecule has 38 heavy (non-hydrogen) atoms. The van der Waals surface area contributed by atoms with E-state index in [2.05, 4.69) is 25.9 Å². The number of amides is 2. The fourth-order valence-corrected chi connectivity index (χ4v) is 3.78. The van der Waals surface area contributed by atoms with Crippen molar-refractivity contribution in [1.82, 2.24) is 29.3 Å². The molecule has 3 aromatic heterocycles. The van der Waals surface area contributed by atoms with Crippen molar-refractivity contribution in [3.8, 4) is 11.8 Å². The van der Waals surface area contributed by atoms with E-state index in [0.717, 1.165) is 18.0 Å². The molecule has 0 radical (unpaired) electrons. The van der Waals surface area contributed by atoms with E-state index < -0.39 is 22.8 Å². The molecule has 4 aromatic rings. The van der Waals surface area contributed by atoms with Crippen LogP contribution in [0.2, 0.25) is 5.02 Å². The van der Waals surface area contributed by atoms with Crippen molar-refractivity contribution >= 4 is 29.1 Å². The Hall–Kier alpha value is -4.03. The van der Waals surface area contributed by atoms with Crippen LogP contribution in [-0.4, -0.2) is 63.3 Å². The monoisotopic (exact) mass is 546 g/mol. The highest BCUT2D eigenvalue weighted by Crippen LogP contribution is 2.36. The Morgan fingerprint density at radius 2 is 1.63 bits per heavy atom. The third kappa shape index (κ3) is 7.26. The van der Waals surface area contributed by atoms with Gasteiger partial charge in [-0.3, -0.25) is 4.57 Å². The van der Waals surface area contributed by atoms with Crippen LogP contribution in [0.4, 0.5) is 29.5 Å². The van der Waals surface area contributed by atoms with Gasteiger partial charge in [-0.2, -0.15) is 23.1 Å². The molecule has 0 aliphatic heterocycles. The third-order valence-electron chi connectivity index (χ3n) is 5.51. The molecule has 0 bridgehead atoms. The summed E-state index contributed by atoms with van der Waals surface area (Å²) in [7, 11) is 1.90. The van der Waals surface area contributed by atoms with Gasteiger partial charge in [-0.25, -0.2) is 4.79 Å². The van der Waals surface area contributed by atoms with Crippen LogP contribution in [0, 0.1) is 0 Å². The summed E-state index contributed by atoms with van der Waals surface area (Å²) in [5.41, 5.74) is -1.01. The lowest BCUT2D eigenvalue weighted by molar-refractivity contribution is -0.137. The number of aromatic nitrogens is 4. The average Bonchev–Trinajstić information content (AvgIpc) is 3.59. The van der Waals surface area contributed by atoms with Crippen LogP contribution in [-0.2, 0) is 6.18 Å². The SMILES string of the molecule is CN(CCNC(=O)Nc1ccc(Cl)c(C(F)(F)F)c1)CCNc1cc(-n2cccc2)nc(-n2cccc2)n1. The zero-order valence-electron chi connectivity index (χ0n) is 20.4. The minimum atomic E-state index is -4.61. The number of hydrogen-bond donors (Lipinski definition) is 3. The number of halogens is 4. The van der Waals surface area contributed by atoms with Gasteiger partial charge >= 0.3 is 12.2 Å². The van der Waals surface area contributed by atoms with E-state index in [-0.39, 0.29) is 5.69 Å². The maximum atomic E-state index is 13.0. The second kappa shape index (κ2) is 12.0. The lowest BCUT2D eigenvalue weighted by Gasteiger charge is -2.18. The molecule has 0 atom stereocenters. The van der Waals surface area contributed by atoms with Crippen LogP contribution in [0.15, 0.2) is 73.3 Å². The van der Waals surface area contributed by atoms with Gasteiger partial charge in [0.25, 0.3) is 0 Å². The second-order valence-electron chi connectivity index (χ2n) is 8.40. The van der Waals surface area contributed by atoms with Crippen molar-refractivity contribution < 1.29 is 18.0 Å². The molecule has 0 aliphatic rings. The molecular weight excluding hydrogens is 521 g/mol. The zero-order chi connectivity index (χ0) is 27.1. The summed E-state index contributed by atoms with van der Waals surface area (Å²) < 4.78 is 42.7. The van der Waals surface area contributed by atoms with Gasteiger partial charge < -0.3 is 25.4 Å². The molecule has 0 fully saturated rings. The standard InChI is InChI=1S/C25H26ClF3N8O/c1-35(15-9-31-24(38)32-18-6-7-20(26)19(16-18)25(27,28)29)14-8-30-21-17-22(36-10-2-3-11-36)34-23(33-21)37-12-4-5-13-37/h2-7,10-13,16-17H,8-9,14-15H2,1H3,(H,30,33,34)(H2,31,32,38). The molecule has 4 rings (SSSR count). The molecule has 3 heterocycles. The highest BCUT2D eigenvalue weighted by atomic mass is 35.5. The summed E-state index contributed by atoms with van der Waals surface area (Å²) in [6, 6.07) is 12.1. The summed E-state index contributed by atoms with van der Waals surface area (Å²) in [4.78, 5) is 23.3. The van der Waals surface area contributed by atoms with Crippen molar-refractivity contribution in [3.63, 3.8) is 0 Å². The van der Waals surface area contributed by atoms with Crippen LogP contribution >= 0.6 is 11.6 Å². The smallest absolute Gasteiger partial charge is 0.369 e. The first-order valence-electron chi connectivity index (χ1n) is 11.7. The quantitative estimate of drug-likeness (QED) is 0.263. The van der Waals surface area contributed by atoms with Gasteiger partial charge in [0.05, 0.1) is 10.6 Å². The van der Waals surface area contributed by atoms with Crippen LogP contribution in [0.5, 0.6) is 0 Å². The van der Waals surface area contributed by atoms with Gasteiger partial charge in [0.2, 0.25) is 5.95 Å². The summed E-state index contributed by atoms with van der Waals surface area (Å²) >= 11 is 5.61. The van der Waals surface area contributed by atoms with Crippen molar-refractivity contribution in [3.05, 3.63) is 83.9 Å². The van der Waals surface area contributed by atoms with E-state index in [1.807, 2.05) is 76.2 Å². The number of nitrogens with zero attached hydrogens (tertiary/aromatic N) is 5. The number of hydrogen-bond acceptors (Lipinski definition) is 5.